The number of ether oxygens (including phenoxy) is 1. The van der Waals surface area contributed by atoms with Gasteiger partial charge in [-0.15, -0.1) is 11.3 Å². The van der Waals surface area contributed by atoms with Crippen molar-refractivity contribution in [3.63, 3.8) is 0 Å². The molecule has 0 spiro atoms. The summed E-state index contributed by atoms with van der Waals surface area (Å²) < 4.78 is 5.98. The molecule has 0 fully saturated rings. The predicted molar refractivity (Wildman–Crippen MR) is 123 cm³/mol. The number of carbonyl (C=O) groups is 1. The highest BCUT2D eigenvalue weighted by atomic mass is 32.1. The van der Waals surface area contributed by atoms with Gasteiger partial charge in [0.2, 0.25) is 5.91 Å². The van der Waals surface area contributed by atoms with E-state index in [1.54, 1.807) is 11.3 Å². The zero-order chi connectivity index (χ0) is 21.5. The summed E-state index contributed by atoms with van der Waals surface area (Å²) in [4.78, 5) is 19.6. The second-order valence-electron chi connectivity index (χ2n) is 7.66. The van der Waals surface area contributed by atoms with Gasteiger partial charge in [-0.3, -0.25) is 4.79 Å². The molecule has 1 atom stereocenters. The molecule has 158 valence electrons. The molecule has 2 aromatic carbocycles. The van der Waals surface area contributed by atoms with Crippen LogP contribution in [0.15, 0.2) is 53.9 Å². The highest BCUT2D eigenvalue weighted by Crippen LogP contribution is 2.23. The van der Waals surface area contributed by atoms with Crippen molar-refractivity contribution in [1.29, 1.82) is 0 Å². The molecule has 1 aromatic heterocycles. The summed E-state index contributed by atoms with van der Waals surface area (Å²) in [6, 6.07) is 16.2. The van der Waals surface area contributed by atoms with Crippen LogP contribution in [0.2, 0.25) is 0 Å². The zero-order valence-corrected chi connectivity index (χ0v) is 19.0. The lowest BCUT2D eigenvalue weighted by Gasteiger charge is -2.28. The number of rotatable bonds is 9. The summed E-state index contributed by atoms with van der Waals surface area (Å²) >= 11 is 1.58. The van der Waals surface area contributed by atoms with Crippen LogP contribution < -0.4 is 4.74 Å². The standard InChI is InChI=1S/C25H30N2O2S/c1-5-19(3)27(25(28)14-21-11-7-6-8-12-21)15-22-17-30-24(26-22)16-29-23-13-9-10-18(2)20(23)4/h6-13,17,19H,5,14-16H2,1-4H3. The number of amides is 1. The first kappa shape index (κ1) is 22.0. The van der Waals surface area contributed by atoms with Crippen LogP contribution in [-0.2, 0) is 24.4 Å². The zero-order valence-electron chi connectivity index (χ0n) is 18.2. The van der Waals surface area contributed by atoms with Gasteiger partial charge < -0.3 is 9.64 Å². The molecule has 3 rings (SSSR count). The van der Waals surface area contributed by atoms with Crippen LogP contribution in [0.25, 0.3) is 0 Å². The Kier molecular flexibility index (Phi) is 7.63. The largest absolute Gasteiger partial charge is 0.486 e. The number of aromatic nitrogens is 1. The van der Waals surface area contributed by atoms with Crippen LogP contribution in [-0.4, -0.2) is 21.8 Å². The third kappa shape index (κ3) is 5.70. The second kappa shape index (κ2) is 10.4. The van der Waals surface area contributed by atoms with Crippen molar-refractivity contribution in [3.8, 4) is 5.75 Å². The molecule has 0 N–H and O–H groups in total. The van der Waals surface area contributed by atoms with Crippen molar-refractivity contribution in [2.75, 3.05) is 0 Å². The number of thiazole rings is 1. The summed E-state index contributed by atoms with van der Waals surface area (Å²) in [5, 5.41) is 2.96. The van der Waals surface area contributed by atoms with E-state index < -0.39 is 0 Å². The van der Waals surface area contributed by atoms with Gasteiger partial charge in [-0.05, 0) is 49.9 Å². The SMILES string of the molecule is CCC(C)N(Cc1csc(COc2cccc(C)c2C)n1)C(=O)Cc1ccccc1. The summed E-state index contributed by atoms with van der Waals surface area (Å²) in [6.07, 6.45) is 1.32. The number of hydrogen-bond acceptors (Lipinski definition) is 4. The van der Waals surface area contributed by atoms with Gasteiger partial charge in [0.05, 0.1) is 18.7 Å². The van der Waals surface area contributed by atoms with Crippen LogP contribution in [0.4, 0.5) is 0 Å². The number of hydrogen-bond donors (Lipinski definition) is 0. The Morgan fingerprint density at radius 3 is 2.63 bits per heavy atom. The monoisotopic (exact) mass is 422 g/mol. The van der Waals surface area contributed by atoms with Crippen LogP contribution in [0.1, 0.15) is 47.7 Å². The van der Waals surface area contributed by atoms with Crippen molar-refractivity contribution in [1.82, 2.24) is 9.88 Å². The van der Waals surface area contributed by atoms with Gasteiger partial charge in [0, 0.05) is 11.4 Å². The molecule has 0 aliphatic heterocycles. The minimum Gasteiger partial charge on any atom is -0.486 e. The molecule has 4 nitrogen and oxygen atoms in total. The van der Waals surface area contributed by atoms with Gasteiger partial charge in [-0.25, -0.2) is 4.98 Å². The Labute approximate surface area is 183 Å². The van der Waals surface area contributed by atoms with Crippen LogP contribution in [0.3, 0.4) is 0 Å². The van der Waals surface area contributed by atoms with Crippen LogP contribution in [0, 0.1) is 13.8 Å². The fourth-order valence-electron chi connectivity index (χ4n) is 3.26. The first-order valence-corrected chi connectivity index (χ1v) is 11.3. The van der Waals surface area contributed by atoms with Crippen LogP contribution in [0.5, 0.6) is 5.75 Å². The van der Waals surface area contributed by atoms with Crippen LogP contribution >= 0.6 is 11.3 Å². The van der Waals surface area contributed by atoms with E-state index in [1.165, 1.54) is 5.56 Å². The average Bonchev–Trinajstić information content (AvgIpc) is 3.20. The molecule has 0 bridgehead atoms. The lowest BCUT2D eigenvalue weighted by molar-refractivity contribution is -0.133. The van der Waals surface area contributed by atoms with E-state index in [0.717, 1.165) is 34.0 Å². The molecule has 0 aliphatic rings. The molecular formula is C25H30N2O2S. The Morgan fingerprint density at radius 1 is 1.13 bits per heavy atom. The van der Waals surface area contributed by atoms with E-state index in [4.69, 9.17) is 9.72 Å². The fraction of sp³-hybridized carbons (Fsp3) is 0.360. The highest BCUT2D eigenvalue weighted by molar-refractivity contribution is 7.09. The van der Waals surface area contributed by atoms with Gasteiger partial charge >= 0.3 is 0 Å². The Hall–Kier alpha value is -2.66. The van der Waals surface area contributed by atoms with Crippen molar-refractivity contribution < 1.29 is 9.53 Å². The maximum Gasteiger partial charge on any atom is 0.227 e. The van der Waals surface area contributed by atoms with Crippen molar-refractivity contribution in [2.45, 2.75) is 59.7 Å². The van der Waals surface area contributed by atoms with Crippen molar-refractivity contribution in [2.24, 2.45) is 0 Å². The molecule has 1 amide bonds. The molecule has 1 heterocycles. The Bertz CT molecular complexity index is 968. The summed E-state index contributed by atoms with van der Waals surface area (Å²) in [6.45, 7) is 9.33. The molecule has 0 saturated carbocycles. The Balaban J connectivity index is 1.65. The third-order valence-electron chi connectivity index (χ3n) is 5.48. The highest BCUT2D eigenvalue weighted by Gasteiger charge is 2.20. The third-order valence-corrected chi connectivity index (χ3v) is 6.35. The first-order valence-electron chi connectivity index (χ1n) is 10.4. The fourth-order valence-corrected chi connectivity index (χ4v) is 3.96. The summed E-state index contributed by atoms with van der Waals surface area (Å²) in [7, 11) is 0. The minimum absolute atomic E-state index is 0.136. The van der Waals surface area contributed by atoms with Gasteiger partial charge in [0.15, 0.2) is 0 Å². The summed E-state index contributed by atoms with van der Waals surface area (Å²) in [5.74, 6) is 1.03. The molecule has 30 heavy (non-hydrogen) atoms. The smallest absolute Gasteiger partial charge is 0.227 e. The van der Waals surface area contributed by atoms with Gasteiger partial charge in [-0.2, -0.15) is 0 Å². The Morgan fingerprint density at radius 2 is 1.90 bits per heavy atom. The molecule has 5 heteroatoms. The average molecular weight is 423 g/mol. The van der Waals surface area contributed by atoms with Crippen molar-refractivity contribution in [3.05, 3.63) is 81.3 Å². The minimum atomic E-state index is 0.136. The normalized spacial score (nSPS) is 11.9. The number of benzene rings is 2. The van der Waals surface area contributed by atoms with Gasteiger partial charge in [0.1, 0.15) is 17.4 Å². The van der Waals surface area contributed by atoms with E-state index in [9.17, 15) is 4.79 Å². The number of nitrogens with zero attached hydrogens (tertiary/aromatic N) is 2. The quantitative estimate of drug-likeness (QED) is 0.444. The maximum atomic E-state index is 13.0. The lowest BCUT2D eigenvalue weighted by Crippen LogP contribution is -2.38. The van der Waals surface area contributed by atoms with E-state index in [0.29, 0.717) is 19.6 Å². The van der Waals surface area contributed by atoms with E-state index >= 15 is 0 Å². The molecule has 1 unspecified atom stereocenters. The topological polar surface area (TPSA) is 42.4 Å². The number of carbonyl (C=O) groups excluding carboxylic acids is 1. The molecule has 0 saturated heterocycles. The van der Waals surface area contributed by atoms with E-state index in [-0.39, 0.29) is 11.9 Å². The predicted octanol–water partition coefficient (Wildman–Crippen LogP) is 5.71. The van der Waals surface area contributed by atoms with E-state index in [1.807, 2.05) is 52.7 Å². The molecule has 0 aliphatic carbocycles. The second-order valence-corrected chi connectivity index (χ2v) is 8.60. The maximum absolute atomic E-state index is 13.0. The summed E-state index contributed by atoms with van der Waals surface area (Å²) in [5.41, 5.74) is 4.33. The molecule has 3 aromatic rings. The van der Waals surface area contributed by atoms with Gasteiger partial charge in [0.25, 0.3) is 0 Å². The van der Waals surface area contributed by atoms with E-state index in [2.05, 4.69) is 33.8 Å². The van der Waals surface area contributed by atoms with Gasteiger partial charge in [-0.1, -0.05) is 49.4 Å². The van der Waals surface area contributed by atoms with Crippen molar-refractivity contribution >= 4 is 17.2 Å². The molecular weight excluding hydrogens is 392 g/mol. The lowest BCUT2D eigenvalue weighted by atomic mass is 10.1. The molecule has 0 radical (unpaired) electrons. The number of aryl methyl sites for hydroxylation is 1. The first-order chi connectivity index (χ1) is 14.5.